The molecule has 0 aliphatic carbocycles. The summed E-state index contributed by atoms with van der Waals surface area (Å²) < 4.78 is 6.14. The highest BCUT2D eigenvalue weighted by molar-refractivity contribution is 9.10. The molecular formula is C13H21BrN2O. The van der Waals surface area contributed by atoms with Crippen molar-refractivity contribution in [3.8, 4) is 0 Å². The van der Waals surface area contributed by atoms with Crippen molar-refractivity contribution >= 4 is 21.6 Å². The molecular weight excluding hydrogens is 280 g/mol. The first-order valence-electron chi connectivity index (χ1n) is 5.89. The van der Waals surface area contributed by atoms with Crippen LogP contribution in [0.2, 0.25) is 0 Å². The van der Waals surface area contributed by atoms with E-state index >= 15 is 0 Å². The zero-order chi connectivity index (χ0) is 12.5. The van der Waals surface area contributed by atoms with E-state index in [0.717, 1.165) is 42.8 Å². The zero-order valence-electron chi connectivity index (χ0n) is 10.6. The fourth-order valence-corrected chi connectivity index (χ4v) is 1.98. The molecule has 0 spiro atoms. The van der Waals surface area contributed by atoms with Gasteiger partial charge in [-0.1, -0.05) is 22.0 Å². The van der Waals surface area contributed by atoms with E-state index in [1.807, 2.05) is 12.1 Å². The number of methoxy groups -OCH3 is 1. The predicted octanol–water partition coefficient (Wildman–Crippen LogP) is 2.83. The van der Waals surface area contributed by atoms with Gasteiger partial charge in [0.05, 0.1) is 0 Å². The predicted molar refractivity (Wildman–Crippen MR) is 76.6 cm³/mol. The largest absolute Gasteiger partial charge is 0.385 e. The molecule has 1 rings (SSSR count). The molecule has 0 radical (unpaired) electrons. The van der Waals surface area contributed by atoms with Gasteiger partial charge in [0.15, 0.2) is 0 Å². The number of nitrogens with one attached hydrogen (secondary N) is 1. The lowest BCUT2D eigenvalue weighted by atomic mass is 10.3. The second-order valence-corrected chi connectivity index (χ2v) is 5.00. The van der Waals surface area contributed by atoms with Crippen LogP contribution in [0.25, 0.3) is 0 Å². The maximum atomic E-state index is 5.03. The van der Waals surface area contributed by atoms with E-state index in [2.05, 4.69) is 45.3 Å². The summed E-state index contributed by atoms with van der Waals surface area (Å²) in [5.41, 5.74) is 1.16. The molecule has 1 aromatic rings. The van der Waals surface area contributed by atoms with E-state index in [4.69, 9.17) is 4.74 Å². The summed E-state index contributed by atoms with van der Waals surface area (Å²) in [7, 11) is 3.88. The van der Waals surface area contributed by atoms with Gasteiger partial charge in [0.25, 0.3) is 0 Å². The Bertz CT molecular complexity index is 320. The molecule has 0 saturated heterocycles. The van der Waals surface area contributed by atoms with Crippen molar-refractivity contribution in [1.82, 2.24) is 4.90 Å². The smallest absolute Gasteiger partial charge is 0.0474 e. The second kappa shape index (κ2) is 8.50. The van der Waals surface area contributed by atoms with E-state index < -0.39 is 0 Å². The average molecular weight is 301 g/mol. The Hall–Kier alpha value is -0.580. The Morgan fingerprint density at radius 1 is 1.35 bits per heavy atom. The van der Waals surface area contributed by atoms with E-state index in [0.29, 0.717) is 0 Å². The fraction of sp³-hybridized carbons (Fsp3) is 0.538. The molecule has 1 aromatic carbocycles. The van der Waals surface area contributed by atoms with E-state index in [-0.39, 0.29) is 0 Å². The minimum atomic E-state index is 0.837. The normalized spacial score (nSPS) is 10.8. The third-order valence-corrected chi connectivity index (χ3v) is 3.03. The molecule has 96 valence electrons. The van der Waals surface area contributed by atoms with Gasteiger partial charge in [0.1, 0.15) is 0 Å². The van der Waals surface area contributed by atoms with Crippen molar-refractivity contribution in [2.24, 2.45) is 0 Å². The van der Waals surface area contributed by atoms with Crippen LogP contribution in [0.3, 0.4) is 0 Å². The molecule has 3 nitrogen and oxygen atoms in total. The summed E-state index contributed by atoms with van der Waals surface area (Å²) >= 11 is 3.46. The fourth-order valence-electron chi connectivity index (χ4n) is 1.58. The molecule has 4 heteroatoms. The van der Waals surface area contributed by atoms with Gasteiger partial charge in [-0.25, -0.2) is 0 Å². The molecule has 0 amide bonds. The molecule has 0 fully saturated rings. The number of ether oxygens (including phenoxy) is 1. The van der Waals surface area contributed by atoms with Gasteiger partial charge in [-0.2, -0.15) is 0 Å². The first-order chi connectivity index (χ1) is 8.22. The van der Waals surface area contributed by atoms with Gasteiger partial charge in [-0.15, -0.1) is 0 Å². The van der Waals surface area contributed by atoms with Gasteiger partial charge in [-0.05, 0) is 31.7 Å². The van der Waals surface area contributed by atoms with Crippen molar-refractivity contribution in [2.75, 3.05) is 45.7 Å². The average Bonchev–Trinajstić information content (AvgIpc) is 2.29. The van der Waals surface area contributed by atoms with Gasteiger partial charge in [0, 0.05) is 43.5 Å². The Balaban J connectivity index is 2.14. The lowest BCUT2D eigenvalue weighted by Crippen LogP contribution is -2.26. The maximum Gasteiger partial charge on any atom is 0.0474 e. The maximum absolute atomic E-state index is 5.03. The van der Waals surface area contributed by atoms with Gasteiger partial charge in [0.2, 0.25) is 0 Å². The SMILES string of the molecule is COCCCN(C)CCNc1cccc(Br)c1. The van der Waals surface area contributed by atoms with Crippen LogP contribution < -0.4 is 5.32 Å². The number of rotatable bonds is 8. The van der Waals surface area contributed by atoms with Crippen LogP contribution in [-0.4, -0.2) is 45.3 Å². The topological polar surface area (TPSA) is 24.5 Å². The molecule has 0 unspecified atom stereocenters. The molecule has 0 atom stereocenters. The molecule has 0 heterocycles. The van der Waals surface area contributed by atoms with E-state index in [1.165, 1.54) is 0 Å². The third-order valence-electron chi connectivity index (χ3n) is 2.54. The second-order valence-electron chi connectivity index (χ2n) is 4.09. The Labute approximate surface area is 112 Å². The van der Waals surface area contributed by atoms with Crippen LogP contribution in [-0.2, 0) is 4.74 Å². The van der Waals surface area contributed by atoms with E-state index in [1.54, 1.807) is 7.11 Å². The van der Waals surface area contributed by atoms with Gasteiger partial charge < -0.3 is 15.0 Å². The molecule has 17 heavy (non-hydrogen) atoms. The third kappa shape index (κ3) is 6.66. The van der Waals surface area contributed by atoms with Gasteiger partial charge in [-0.3, -0.25) is 0 Å². The summed E-state index contributed by atoms with van der Waals surface area (Å²) in [5.74, 6) is 0. The van der Waals surface area contributed by atoms with Crippen LogP contribution in [0.5, 0.6) is 0 Å². The number of benzene rings is 1. The first kappa shape index (κ1) is 14.5. The zero-order valence-corrected chi connectivity index (χ0v) is 12.2. The minimum Gasteiger partial charge on any atom is -0.385 e. The number of anilines is 1. The number of nitrogens with zero attached hydrogens (tertiary/aromatic N) is 1. The highest BCUT2D eigenvalue weighted by atomic mass is 79.9. The number of hydrogen-bond acceptors (Lipinski definition) is 3. The van der Waals surface area contributed by atoms with Gasteiger partial charge >= 0.3 is 0 Å². The first-order valence-corrected chi connectivity index (χ1v) is 6.68. The van der Waals surface area contributed by atoms with E-state index in [9.17, 15) is 0 Å². The lowest BCUT2D eigenvalue weighted by Gasteiger charge is -2.17. The number of hydrogen-bond donors (Lipinski definition) is 1. The van der Waals surface area contributed by atoms with Crippen molar-refractivity contribution in [3.63, 3.8) is 0 Å². The summed E-state index contributed by atoms with van der Waals surface area (Å²) in [4.78, 5) is 2.31. The quantitative estimate of drug-likeness (QED) is 0.747. The number of halogens is 1. The van der Waals surface area contributed by atoms with Crippen molar-refractivity contribution in [3.05, 3.63) is 28.7 Å². The molecule has 0 aliphatic heterocycles. The standard InChI is InChI=1S/C13H21BrN2O/c1-16(8-4-10-17-2)9-7-15-13-6-3-5-12(14)11-13/h3,5-6,11,15H,4,7-10H2,1-2H3. The van der Waals surface area contributed by atoms with Crippen LogP contribution in [0.15, 0.2) is 28.7 Å². The van der Waals surface area contributed by atoms with Crippen LogP contribution in [0.4, 0.5) is 5.69 Å². The van der Waals surface area contributed by atoms with Crippen LogP contribution in [0.1, 0.15) is 6.42 Å². The molecule has 0 aromatic heterocycles. The summed E-state index contributed by atoms with van der Waals surface area (Å²) in [5, 5.41) is 3.40. The molecule has 0 aliphatic rings. The van der Waals surface area contributed by atoms with Crippen LogP contribution >= 0.6 is 15.9 Å². The molecule has 1 N–H and O–H groups in total. The molecule has 0 bridgehead atoms. The summed E-state index contributed by atoms with van der Waals surface area (Å²) in [6, 6.07) is 8.23. The highest BCUT2D eigenvalue weighted by Crippen LogP contribution is 2.15. The van der Waals surface area contributed by atoms with Crippen molar-refractivity contribution in [1.29, 1.82) is 0 Å². The Morgan fingerprint density at radius 2 is 2.18 bits per heavy atom. The summed E-state index contributed by atoms with van der Waals surface area (Å²) in [6.45, 7) is 3.91. The van der Waals surface area contributed by atoms with Crippen molar-refractivity contribution in [2.45, 2.75) is 6.42 Å². The number of likely N-dealkylation sites (N-methyl/N-ethyl adjacent to an activating group) is 1. The highest BCUT2D eigenvalue weighted by Gasteiger charge is 1.98. The van der Waals surface area contributed by atoms with Crippen LogP contribution in [0, 0.1) is 0 Å². The monoisotopic (exact) mass is 300 g/mol. The Kier molecular flexibility index (Phi) is 7.24. The molecule has 0 saturated carbocycles. The summed E-state index contributed by atoms with van der Waals surface area (Å²) in [6.07, 6.45) is 1.09. The van der Waals surface area contributed by atoms with Crippen molar-refractivity contribution < 1.29 is 4.74 Å². The lowest BCUT2D eigenvalue weighted by molar-refractivity contribution is 0.180. The Morgan fingerprint density at radius 3 is 2.88 bits per heavy atom. The minimum absolute atomic E-state index is 0.837.